The van der Waals surface area contributed by atoms with Crippen LogP contribution in [-0.4, -0.2) is 48.5 Å². The number of piperidine rings is 1. The first-order chi connectivity index (χ1) is 9.42. The third-order valence-electron chi connectivity index (χ3n) is 4.17. The van der Waals surface area contributed by atoms with Crippen molar-refractivity contribution in [3.05, 3.63) is 0 Å². The van der Waals surface area contributed by atoms with Crippen molar-refractivity contribution in [2.45, 2.75) is 63.1 Å². The fourth-order valence-electron chi connectivity index (χ4n) is 3.00. The molecule has 8 heteroatoms. The molecule has 0 aromatic rings. The number of nitrogens with zero attached hydrogens (tertiary/aromatic N) is 1. The number of aliphatic carboxylic acids is 1. The van der Waals surface area contributed by atoms with Gasteiger partial charge in [-0.15, -0.1) is 0 Å². The first-order valence-electron chi connectivity index (χ1n) is 7.19. The van der Waals surface area contributed by atoms with E-state index in [9.17, 15) is 18.3 Å². The van der Waals surface area contributed by atoms with Crippen molar-refractivity contribution in [3.63, 3.8) is 0 Å². The van der Waals surface area contributed by atoms with Crippen molar-refractivity contribution in [3.8, 4) is 0 Å². The van der Waals surface area contributed by atoms with Crippen molar-refractivity contribution in [1.82, 2.24) is 9.03 Å². The number of hydrogen-bond donors (Lipinski definition) is 3. The maximum Gasteiger partial charge on any atom is 0.322 e. The lowest BCUT2D eigenvalue weighted by Gasteiger charge is -2.35. The van der Waals surface area contributed by atoms with E-state index in [4.69, 9.17) is 5.73 Å². The van der Waals surface area contributed by atoms with E-state index >= 15 is 0 Å². The van der Waals surface area contributed by atoms with E-state index in [0.29, 0.717) is 19.3 Å². The Balaban J connectivity index is 2.09. The molecule has 2 rings (SSSR count). The van der Waals surface area contributed by atoms with Crippen LogP contribution in [0.4, 0.5) is 0 Å². The molecule has 0 amide bonds. The molecule has 0 radical (unpaired) electrons. The highest BCUT2D eigenvalue weighted by Crippen LogP contribution is 2.22. The average Bonchev–Trinajstić information content (AvgIpc) is 2.41. The number of nitrogens with one attached hydrogen (secondary N) is 1. The molecular weight excluding hydrogens is 282 g/mol. The van der Waals surface area contributed by atoms with Gasteiger partial charge in [-0.3, -0.25) is 4.79 Å². The summed E-state index contributed by atoms with van der Waals surface area (Å²) in [7, 11) is -3.79. The SMILES string of the molecule is NC1CCCCC1NS(=O)(=O)N1CCCCC1C(=O)O. The second-order valence-corrected chi connectivity index (χ2v) is 7.29. The Morgan fingerprint density at radius 1 is 1.15 bits per heavy atom. The molecular formula is C12H23N3O4S. The Morgan fingerprint density at radius 3 is 2.45 bits per heavy atom. The van der Waals surface area contributed by atoms with Crippen molar-refractivity contribution < 1.29 is 18.3 Å². The zero-order valence-corrected chi connectivity index (χ0v) is 12.3. The van der Waals surface area contributed by atoms with E-state index in [2.05, 4.69) is 4.72 Å². The Hall–Kier alpha value is -0.700. The van der Waals surface area contributed by atoms with Crippen molar-refractivity contribution in [2.24, 2.45) is 5.73 Å². The van der Waals surface area contributed by atoms with Crippen LogP contribution in [0, 0.1) is 0 Å². The summed E-state index contributed by atoms with van der Waals surface area (Å²) in [6.45, 7) is 0.258. The van der Waals surface area contributed by atoms with Gasteiger partial charge in [0.25, 0.3) is 10.2 Å². The summed E-state index contributed by atoms with van der Waals surface area (Å²) in [6, 6.07) is -1.43. The van der Waals surface area contributed by atoms with Crippen LogP contribution < -0.4 is 10.5 Å². The van der Waals surface area contributed by atoms with Gasteiger partial charge in [-0.2, -0.15) is 17.4 Å². The third kappa shape index (κ3) is 3.49. The number of carbonyl (C=O) groups is 1. The number of rotatable bonds is 4. The first kappa shape index (κ1) is 15.7. The second-order valence-electron chi connectivity index (χ2n) is 5.64. The van der Waals surface area contributed by atoms with Gasteiger partial charge in [0.15, 0.2) is 0 Å². The zero-order valence-electron chi connectivity index (χ0n) is 11.5. The molecule has 1 aliphatic heterocycles. The number of nitrogens with two attached hydrogens (primary N) is 1. The molecule has 2 aliphatic rings. The molecule has 2 fully saturated rings. The fraction of sp³-hybridized carbons (Fsp3) is 0.917. The summed E-state index contributed by atoms with van der Waals surface area (Å²) in [5.41, 5.74) is 5.95. The molecule has 0 aromatic carbocycles. The standard InChI is InChI=1S/C12H23N3O4S/c13-9-5-1-2-6-10(9)14-20(18,19)15-8-4-3-7-11(15)12(16)17/h9-11,14H,1-8,13H2,(H,16,17). The van der Waals surface area contributed by atoms with Crippen LogP contribution in [0.5, 0.6) is 0 Å². The average molecular weight is 305 g/mol. The Bertz CT molecular complexity index is 454. The molecule has 1 saturated heterocycles. The highest BCUT2D eigenvalue weighted by atomic mass is 32.2. The number of hydrogen-bond acceptors (Lipinski definition) is 4. The highest BCUT2D eigenvalue weighted by molar-refractivity contribution is 7.87. The minimum absolute atomic E-state index is 0.188. The van der Waals surface area contributed by atoms with Crippen molar-refractivity contribution >= 4 is 16.2 Å². The maximum absolute atomic E-state index is 12.4. The number of carboxylic acids is 1. The molecule has 20 heavy (non-hydrogen) atoms. The molecule has 1 aliphatic carbocycles. The Labute approximate surface area is 119 Å². The molecule has 4 N–H and O–H groups in total. The minimum Gasteiger partial charge on any atom is -0.480 e. The van der Waals surface area contributed by atoms with Crippen LogP contribution in [0.25, 0.3) is 0 Å². The summed E-state index contributed by atoms with van der Waals surface area (Å²) in [5.74, 6) is -1.08. The molecule has 0 bridgehead atoms. The van der Waals surface area contributed by atoms with Gasteiger partial charge in [0.2, 0.25) is 0 Å². The first-order valence-corrected chi connectivity index (χ1v) is 8.63. The second kappa shape index (κ2) is 6.38. The summed E-state index contributed by atoms with van der Waals surface area (Å²) >= 11 is 0. The van der Waals surface area contributed by atoms with Gasteiger partial charge in [-0.25, -0.2) is 0 Å². The molecule has 116 valence electrons. The van der Waals surface area contributed by atoms with Crippen LogP contribution in [0.15, 0.2) is 0 Å². The predicted octanol–water partition coefficient (Wildman–Crippen LogP) is 0.0298. The minimum atomic E-state index is -3.79. The summed E-state index contributed by atoms with van der Waals surface area (Å²) < 4.78 is 28.5. The summed E-state index contributed by atoms with van der Waals surface area (Å²) in [5, 5.41) is 9.17. The fourth-order valence-corrected chi connectivity index (χ4v) is 4.72. The highest BCUT2D eigenvalue weighted by Gasteiger charge is 2.38. The maximum atomic E-state index is 12.4. The predicted molar refractivity (Wildman–Crippen MR) is 74.3 cm³/mol. The lowest BCUT2D eigenvalue weighted by atomic mass is 9.92. The molecule has 1 heterocycles. The van der Waals surface area contributed by atoms with E-state index in [-0.39, 0.29) is 18.6 Å². The van der Waals surface area contributed by atoms with Crippen LogP contribution in [0.3, 0.4) is 0 Å². The van der Waals surface area contributed by atoms with E-state index in [0.717, 1.165) is 30.0 Å². The molecule has 7 nitrogen and oxygen atoms in total. The van der Waals surface area contributed by atoms with Gasteiger partial charge < -0.3 is 10.8 Å². The summed E-state index contributed by atoms with van der Waals surface area (Å²) in [6.07, 6.45) is 5.28. The van der Waals surface area contributed by atoms with Gasteiger partial charge in [0.1, 0.15) is 6.04 Å². The molecule has 1 saturated carbocycles. The van der Waals surface area contributed by atoms with Gasteiger partial charge in [-0.05, 0) is 32.1 Å². The molecule has 3 atom stereocenters. The largest absolute Gasteiger partial charge is 0.480 e. The van der Waals surface area contributed by atoms with Crippen LogP contribution in [-0.2, 0) is 15.0 Å². The van der Waals surface area contributed by atoms with Crippen LogP contribution in [0.2, 0.25) is 0 Å². The molecule has 0 spiro atoms. The smallest absolute Gasteiger partial charge is 0.322 e. The van der Waals surface area contributed by atoms with E-state index in [1.165, 1.54) is 0 Å². The zero-order chi connectivity index (χ0) is 14.8. The van der Waals surface area contributed by atoms with Gasteiger partial charge in [0, 0.05) is 18.6 Å². The van der Waals surface area contributed by atoms with Crippen LogP contribution in [0.1, 0.15) is 44.9 Å². The topological polar surface area (TPSA) is 113 Å². The monoisotopic (exact) mass is 305 g/mol. The molecule has 3 unspecified atom stereocenters. The van der Waals surface area contributed by atoms with Gasteiger partial charge in [0.05, 0.1) is 0 Å². The van der Waals surface area contributed by atoms with Gasteiger partial charge >= 0.3 is 5.97 Å². The lowest BCUT2D eigenvalue weighted by molar-refractivity contribution is -0.142. The third-order valence-corrected chi connectivity index (χ3v) is 5.82. The Kier molecular flexibility index (Phi) is 5.00. The molecule has 0 aromatic heterocycles. The van der Waals surface area contributed by atoms with Crippen LogP contribution >= 0.6 is 0 Å². The Morgan fingerprint density at radius 2 is 1.80 bits per heavy atom. The quantitative estimate of drug-likeness (QED) is 0.678. The van der Waals surface area contributed by atoms with E-state index in [1.807, 2.05) is 0 Å². The normalized spacial score (nSPS) is 33.0. The number of carboxylic acid groups (broad SMARTS) is 1. The summed E-state index contributed by atoms with van der Waals surface area (Å²) in [4.78, 5) is 11.2. The van der Waals surface area contributed by atoms with Crippen molar-refractivity contribution in [1.29, 1.82) is 0 Å². The van der Waals surface area contributed by atoms with Gasteiger partial charge in [-0.1, -0.05) is 12.8 Å². The van der Waals surface area contributed by atoms with Crippen molar-refractivity contribution in [2.75, 3.05) is 6.54 Å². The van der Waals surface area contributed by atoms with E-state index < -0.39 is 22.2 Å². The lowest BCUT2D eigenvalue weighted by Crippen LogP contribution is -2.57. The van der Waals surface area contributed by atoms with E-state index in [1.54, 1.807) is 0 Å².